The molecule has 1 aliphatic rings. The Bertz CT molecular complexity index is 969. The van der Waals surface area contributed by atoms with Gasteiger partial charge in [0, 0.05) is 18.7 Å². The molecule has 28 heavy (non-hydrogen) atoms. The molecule has 0 fully saturated rings. The van der Waals surface area contributed by atoms with Crippen LogP contribution in [0.5, 0.6) is 11.5 Å². The molecule has 4 rings (SSSR count). The maximum atomic E-state index is 13.0. The van der Waals surface area contributed by atoms with Gasteiger partial charge in [0.15, 0.2) is 11.5 Å². The summed E-state index contributed by atoms with van der Waals surface area (Å²) in [6.45, 7) is 1.82. The average Bonchev–Trinajstić information content (AvgIpc) is 2.77. The second kappa shape index (κ2) is 8.17. The number of ether oxygens (including phenoxy) is 2. The van der Waals surface area contributed by atoms with Crippen molar-refractivity contribution in [1.82, 2.24) is 4.90 Å². The van der Waals surface area contributed by atoms with Crippen LogP contribution in [0, 0.1) is 0 Å². The van der Waals surface area contributed by atoms with Crippen LogP contribution in [-0.4, -0.2) is 24.5 Å². The molecule has 1 heterocycles. The highest BCUT2D eigenvalue weighted by Crippen LogP contribution is 2.30. The van der Waals surface area contributed by atoms with E-state index in [4.69, 9.17) is 9.47 Å². The third-order valence-corrected chi connectivity index (χ3v) is 5.07. The molecule has 0 aliphatic carbocycles. The summed E-state index contributed by atoms with van der Waals surface area (Å²) in [6.07, 6.45) is 0.886. The molecular weight excluding hydrogens is 350 g/mol. The number of amides is 1. The van der Waals surface area contributed by atoms with Crippen molar-refractivity contribution in [2.45, 2.75) is 19.6 Å². The third kappa shape index (κ3) is 3.86. The smallest absolute Gasteiger partial charge is 0.254 e. The number of hydrogen-bond acceptors (Lipinski definition) is 3. The molecule has 0 atom stereocenters. The molecule has 0 saturated carbocycles. The van der Waals surface area contributed by atoms with Crippen molar-refractivity contribution in [1.29, 1.82) is 0 Å². The van der Waals surface area contributed by atoms with Crippen LogP contribution in [0.1, 0.15) is 27.0 Å². The summed E-state index contributed by atoms with van der Waals surface area (Å²) in [5.74, 6) is 1.22. The number of rotatable bonds is 5. The highest BCUT2D eigenvalue weighted by molar-refractivity contribution is 5.95. The molecule has 0 saturated heterocycles. The topological polar surface area (TPSA) is 38.8 Å². The maximum Gasteiger partial charge on any atom is 0.254 e. The van der Waals surface area contributed by atoms with Gasteiger partial charge in [-0.25, -0.2) is 0 Å². The molecule has 0 bridgehead atoms. The quantitative estimate of drug-likeness (QED) is 0.662. The summed E-state index contributed by atoms with van der Waals surface area (Å²) in [5, 5.41) is 0. The summed E-state index contributed by atoms with van der Waals surface area (Å²) >= 11 is 0. The number of hydrogen-bond donors (Lipinski definition) is 0. The fraction of sp³-hybridized carbons (Fsp3) is 0.208. The number of fused-ring (bicyclic) bond motifs is 1. The van der Waals surface area contributed by atoms with Gasteiger partial charge < -0.3 is 14.4 Å². The Hall–Kier alpha value is -3.27. The van der Waals surface area contributed by atoms with Gasteiger partial charge in [0.25, 0.3) is 5.91 Å². The lowest BCUT2D eigenvalue weighted by molar-refractivity contribution is 0.0734. The van der Waals surface area contributed by atoms with Gasteiger partial charge in [-0.3, -0.25) is 4.79 Å². The Morgan fingerprint density at radius 1 is 0.929 bits per heavy atom. The molecule has 3 aromatic carbocycles. The Kier molecular flexibility index (Phi) is 5.29. The van der Waals surface area contributed by atoms with Crippen LogP contribution in [-0.2, 0) is 19.6 Å². The number of benzene rings is 3. The van der Waals surface area contributed by atoms with Crippen molar-refractivity contribution >= 4 is 5.91 Å². The predicted molar refractivity (Wildman–Crippen MR) is 109 cm³/mol. The van der Waals surface area contributed by atoms with Crippen LogP contribution in [0.2, 0.25) is 0 Å². The third-order valence-electron chi connectivity index (χ3n) is 5.07. The van der Waals surface area contributed by atoms with Crippen molar-refractivity contribution in [3.05, 3.63) is 95.1 Å². The summed E-state index contributed by atoms with van der Waals surface area (Å²) in [6, 6.07) is 23.7. The molecule has 142 valence electrons. The van der Waals surface area contributed by atoms with E-state index in [9.17, 15) is 4.79 Å². The fourth-order valence-corrected chi connectivity index (χ4v) is 3.51. The molecule has 4 nitrogen and oxygen atoms in total. The molecule has 1 aliphatic heterocycles. The highest BCUT2D eigenvalue weighted by Gasteiger charge is 2.22. The molecule has 3 aromatic rings. The number of nitrogens with zero attached hydrogens (tertiary/aromatic N) is 1. The first-order valence-electron chi connectivity index (χ1n) is 9.45. The van der Waals surface area contributed by atoms with E-state index in [1.807, 2.05) is 53.4 Å². The summed E-state index contributed by atoms with van der Waals surface area (Å²) in [7, 11) is 1.59. The SMILES string of the molecule is COc1cc(C(=O)N2CCc3ccccc3C2)ccc1OCc1ccccc1. The van der Waals surface area contributed by atoms with E-state index in [1.165, 1.54) is 11.1 Å². The molecule has 0 spiro atoms. The second-order valence-corrected chi connectivity index (χ2v) is 6.89. The maximum absolute atomic E-state index is 13.0. The molecule has 0 N–H and O–H groups in total. The first-order valence-corrected chi connectivity index (χ1v) is 9.45. The summed E-state index contributed by atoms with van der Waals surface area (Å²) in [4.78, 5) is 14.9. The highest BCUT2D eigenvalue weighted by atomic mass is 16.5. The van der Waals surface area contributed by atoms with E-state index in [-0.39, 0.29) is 5.91 Å². The zero-order valence-electron chi connectivity index (χ0n) is 15.9. The summed E-state index contributed by atoms with van der Waals surface area (Å²) < 4.78 is 11.4. The normalized spacial score (nSPS) is 13.0. The minimum Gasteiger partial charge on any atom is -0.493 e. The standard InChI is InChI=1S/C24H23NO3/c1-27-23-15-20(11-12-22(23)28-17-18-7-3-2-4-8-18)24(26)25-14-13-19-9-5-6-10-21(19)16-25/h2-12,15H,13-14,16-17H2,1H3. The second-order valence-electron chi connectivity index (χ2n) is 6.89. The van der Waals surface area contributed by atoms with Crippen molar-refractivity contribution in [2.24, 2.45) is 0 Å². The van der Waals surface area contributed by atoms with Crippen LogP contribution in [0.4, 0.5) is 0 Å². The van der Waals surface area contributed by atoms with Gasteiger partial charge in [0.2, 0.25) is 0 Å². The van der Waals surface area contributed by atoms with E-state index >= 15 is 0 Å². The lowest BCUT2D eigenvalue weighted by atomic mass is 9.99. The van der Waals surface area contributed by atoms with Gasteiger partial charge in [-0.05, 0) is 41.3 Å². The van der Waals surface area contributed by atoms with E-state index in [0.29, 0.717) is 30.2 Å². The van der Waals surface area contributed by atoms with Crippen LogP contribution in [0.25, 0.3) is 0 Å². The molecule has 0 unspecified atom stereocenters. The first-order chi connectivity index (χ1) is 13.7. The average molecular weight is 373 g/mol. The Morgan fingerprint density at radius 2 is 1.68 bits per heavy atom. The summed E-state index contributed by atoms with van der Waals surface area (Å²) in [5.41, 5.74) is 4.24. The number of methoxy groups -OCH3 is 1. The van der Waals surface area contributed by atoms with E-state index in [1.54, 1.807) is 13.2 Å². The zero-order valence-corrected chi connectivity index (χ0v) is 15.9. The van der Waals surface area contributed by atoms with Gasteiger partial charge in [-0.15, -0.1) is 0 Å². The number of carbonyl (C=O) groups excluding carboxylic acids is 1. The van der Waals surface area contributed by atoms with Crippen LogP contribution < -0.4 is 9.47 Å². The van der Waals surface area contributed by atoms with Crippen molar-refractivity contribution < 1.29 is 14.3 Å². The van der Waals surface area contributed by atoms with Gasteiger partial charge >= 0.3 is 0 Å². The molecule has 1 amide bonds. The number of carbonyl (C=O) groups is 1. The monoisotopic (exact) mass is 373 g/mol. The van der Waals surface area contributed by atoms with Crippen molar-refractivity contribution in [3.8, 4) is 11.5 Å². The molecule has 0 aromatic heterocycles. The van der Waals surface area contributed by atoms with Gasteiger partial charge in [-0.1, -0.05) is 54.6 Å². The van der Waals surface area contributed by atoms with E-state index < -0.39 is 0 Å². The van der Waals surface area contributed by atoms with E-state index in [0.717, 1.165) is 18.5 Å². The van der Waals surface area contributed by atoms with Crippen molar-refractivity contribution in [3.63, 3.8) is 0 Å². The molecular formula is C24H23NO3. The van der Waals surface area contributed by atoms with Gasteiger partial charge in [0.1, 0.15) is 6.61 Å². The van der Waals surface area contributed by atoms with Gasteiger partial charge in [0.05, 0.1) is 7.11 Å². The molecule has 4 heteroatoms. The minimum atomic E-state index is 0.0161. The first kappa shape index (κ1) is 18.1. The van der Waals surface area contributed by atoms with Crippen LogP contribution in [0.15, 0.2) is 72.8 Å². The fourth-order valence-electron chi connectivity index (χ4n) is 3.51. The largest absolute Gasteiger partial charge is 0.493 e. The Morgan fingerprint density at radius 3 is 2.46 bits per heavy atom. The van der Waals surface area contributed by atoms with Gasteiger partial charge in [-0.2, -0.15) is 0 Å². The zero-order chi connectivity index (χ0) is 19.3. The molecule has 0 radical (unpaired) electrons. The van der Waals surface area contributed by atoms with Crippen LogP contribution >= 0.6 is 0 Å². The lowest BCUT2D eigenvalue weighted by Gasteiger charge is -2.29. The van der Waals surface area contributed by atoms with E-state index in [2.05, 4.69) is 18.2 Å². The Balaban J connectivity index is 1.48. The van der Waals surface area contributed by atoms with Crippen molar-refractivity contribution in [2.75, 3.05) is 13.7 Å². The lowest BCUT2D eigenvalue weighted by Crippen LogP contribution is -2.35. The predicted octanol–water partition coefficient (Wildman–Crippen LogP) is 4.47. The Labute approximate surface area is 165 Å². The minimum absolute atomic E-state index is 0.0161. The van der Waals surface area contributed by atoms with Crippen LogP contribution in [0.3, 0.4) is 0 Å².